The van der Waals surface area contributed by atoms with Crippen LogP contribution in [0.15, 0.2) is 72.9 Å². The fourth-order valence-corrected chi connectivity index (χ4v) is 14.7. The normalized spacial score (nSPS) is 27.8. The number of carbonyl (C=O) groups is 2. The van der Waals surface area contributed by atoms with Gasteiger partial charge in [-0.15, -0.1) is 5.92 Å². The smallest absolute Gasteiger partial charge is 0.165 e. The molecule has 0 amide bonds. The number of aliphatic hydroxyl groups is 3. The zero-order valence-corrected chi connectivity index (χ0v) is 40.6. The molecule has 362 valence electrons. The first-order chi connectivity index (χ1) is 33.3. The zero-order chi connectivity index (χ0) is 48.3. The molecule has 11 nitrogen and oxygen atoms in total. The summed E-state index contributed by atoms with van der Waals surface area (Å²) in [5, 5.41) is 55.5. The summed E-state index contributed by atoms with van der Waals surface area (Å²) in [7, 11) is 3.32. The Morgan fingerprint density at radius 3 is 2.58 bits per heavy atom. The fourth-order valence-electron chi connectivity index (χ4n) is 11.9. The van der Waals surface area contributed by atoms with Crippen molar-refractivity contribution in [3.05, 3.63) is 123 Å². The number of nitrogens with two attached hydrogens (primary N) is 2. The Morgan fingerprint density at radius 2 is 1.75 bits per heavy atom. The molecule has 1 aromatic heterocycles. The van der Waals surface area contributed by atoms with Gasteiger partial charge in [-0.05, 0) is 126 Å². The van der Waals surface area contributed by atoms with Crippen molar-refractivity contribution in [2.45, 2.75) is 120 Å². The van der Waals surface area contributed by atoms with Crippen LogP contribution in [0.25, 0.3) is 0 Å². The van der Waals surface area contributed by atoms with E-state index in [2.05, 4.69) is 40.8 Å². The number of carbonyl (C=O) groups excluding carboxylic acids is 2. The van der Waals surface area contributed by atoms with Crippen molar-refractivity contribution >= 4 is 33.2 Å². The van der Waals surface area contributed by atoms with Crippen molar-refractivity contribution in [3.8, 4) is 40.9 Å². The quantitative estimate of drug-likeness (QED) is 0.0554. The first kappa shape index (κ1) is 49.0. The summed E-state index contributed by atoms with van der Waals surface area (Å²) in [6.07, 6.45) is 11.0. The number of ether oxygens (including phenoxy) is 1. The van der Waals surface area contributed by atoms with Gasteiger partial charge in [0.1, 0.15) is 5.75 Å². The van der Waals surface area contributed by atoms with Gasteiger partial charge in [0.2, 0.25) is 0 Å². The second-order valence-corrected chi connectivity index (χ2v) is 22.7. The van der Waals surface area contributed by atoms with Gasteiger partial charge < -0.3 is 46.7 Å². The van der Waals surface area contributed by atoms with E-state index in [9.17, 15) is 35.1 Å². The lowest BCUT2D eigenvalue weighted by molar-refractivity contribution is -0.114. The maximum atomic E-state index is 14.3. The molecule has 8 bridgehead atoms. The number of ketones is 2. The number of allylic oxidation sites excluding steroid dienone is 2. The van der Waals surface area contributed by atoms with Crippen molar-refractivity contribution in [2.75, 3.05) is 19.0 Å². The minimum Gasteiger partial charge on any atom is -0.508 e. The molecular formula is C56H63N3O8S2. The highest BCUT2D eigenvalue weighted by Crippen LogP contribution is 2.60. The Bertz CT molecular complexity index is 2750. The number of aliphatic hydroxyl groups excluding tert-OH is 3. The number of aromatic hydroxyl groups is 2. The topological polar surface area (TPSA) is 212 Å². The summed E-state index contributed by atoms with van der Waals surface area (Å²) in [6, 6.07) is 16.3. The zero-order valence-electron chi connectivity index (χ0n) is 39.0. The highest BCUT2D eigenvalue weighted by Gasteiger charge is 2.55. The van der Waals surface area contributed by atoms with E-state index in [1.54, 1.807) is 64.2 Å². The molecular weight excluding hydrogens is 907 g/mol. The maximum Gasteiger partial charge on any atom is 0.165 e. The van der Waals surface area contributed by atoms with Crippen molar-refractivity contribution in [2.24, 2.45) is 33.6 Å². The summed E-state index contributed by atoms with van der Waals surface area (Å²) in [4.78, 5) is 31.2. The molecule has 5 aliphatic rings. The lowest BCUT2D eigenvalue weighted by atomic mass is 9.65. The van der Waals surface area contributed by atoms with Gasteiger partial charge in [0.05, 0.1) is 38.0 Å². The van der Waals surface area contributed by atoms with Gasteiger partial charge in [-0.25, -0.2) is 0 Å². The summed E-state index contributed by atoms with van der Waals surface area (Å²) >= 11 is 0. The molecule has 10 N–H and O–H groups in total. The number of Topliss-reactive ketones (excluding diaryl/α,β-unsaturated/α-hetero) is 1. The van der Waals surface area contributed by atoms with Gasteiger partial charge in [-0.1, -0.05) is 76.1 Å². The molecule has 0 saturated heterocycles. The second-order valence-electron chi connectivity index (χ2n) is 20.3. The van der Waals surface area contributed by atoms with Crippen LogP contribution in [-0.4, -0.2) is 73.3 Å². The number of phenolic OH excluding ortho intramolecular Hbond substituents is 2. The van der Waals surface area contributed by atoms with E-state index in [0.29, 0.717) is 85.3 Å². The van der Waals surface area contributed by atoms with Crippen LogP contribution in [0.2, 0.25) is 0 Å². The number of nitrogens with one attached hydrogen (secondary N) is 1. The molecule has 0 radical (unpaired) electrons. The number of hydrogen-bond acceptors (Lipinski definition) is 12. The highest BCUT2D eigenvalue weighted by atomic mass is 33.1. The fraction of sp³-hybridized carbons (Fsp3) is 0.464. The van der Waals surface area contributed by atoms with Crippen LogP contribution < -0.4 is 16.2 Å². The SMILES string of the molecule is NC(N)c1cc2c3cc1CSSCC14CC#CC5CCCC5(CC(O)CO)CCC(C=CC(=O)CCc5ccc(O)c(c5)OCCc5ccc(O)c(c5)C3CC(=O)c3cc[nH]c3CC#C2)(CC1O)C4. The highest BCUT2D eigenvalue weighted by molar-refractivity contribution is 8.76. The molecule has 2 fully saturated rings. The summed E-state index contributed by atoms with van der Waals surface area (Å²) in [5.41, 5.74) is 18.3. The van der Waals surface area contributed by atoms with Gasteiger partial charge in [0.15, 0.2) is 23.1 Å². The third kappa shape index (κ3) is 10.6. The van der Waals surface area contributed by atoms with Crippen molar-refractivity contribution < 1.29 is 39.9 Å². The van der Waals surface area contributed by atoms with Gasteiger partial charge in [-0.3, -0.25) is 9.59 Å². The number of rotatable bonds is 4. The molecule has 3 aromatic carbocycles. The van der Waals surface area contributed by atoms with Crippen molar-refractivity contribution in [1.82, 2.24) is 4.98 Å². The molecule has 7 unspecified atom stereocenters. The van der Waals surface area contributed by atoms with Crippen LogP contribution >= 0.6 is 21.6 Å². The van der Waals surface area contributed by atoms with Crippen molar-refractivity contribution in [1.29, 1.82) is 0 Å². The summed E-state index contributed by atoms with van der Waals surface area (Å²) in [6.45, 7) is -0.0996. The van der Waals surface area contributed by atoms with Crippen LogP contribution in [0.4, 0.5) is 0 Å². The molecule has 2 saturated carbocycles. The standard InChI is InChI=1S/C56H63N3O8S2/c57-53(58)44-26-37-4-1-7-47-42(15-22-59-47)50(65)28-45-43(37)27-38(44)32-68-69-34-56-18-3-6-39-5-2-17-55(39,29-41(62)31-60)21-20-54(33-56,30-52(56)66)19-14-40(61)11-8-35-10-13-49(64)51(25-35)67-23-16-36-9-12-48(63)46(45)24-36/h9-10,12-15,19,22,24-27,39,41,45,52-53,59-60,62-64,66H,2,5,7-8,11,16-18,20-21,23,28-34,57-58H2. The predicted octanol–water partition coefficient (Wildman–Crippen LogP) is 8.07. The molecule has 69 heavy (non-hydrogen) atoms. The molecule has 13 heteroatoms. The van der Waals surface area contributed by atoms with Crippen LogP contribution in [0.3, 0.4) is 0 Å². The van der Waals surface area contributed by atoms with Crippen molar-refractivity contribution in [3.63, 3.8) is 0 Å². The number of benzene rings is 3. The molecule has 9 rings (SSSR count). The number of fused-ring (bicyclic) bond motifs is 8. The van der Waals surface area contributed by atoms with E-state index in [1.807, 2.05) is 18.2 Å². The van der Waals surface area contributed by atoms with Crippen LogP contribution in [0.5, 0.6) is 17.2 Å². The van der Waals surface area contributed by atoms with E-state index < -0.39 is 35.1 Å². The van der Waals surface area contributed by atoms with Gasteiger partial charge >= 0.3 is 0 Å². The average Bonchev–Trinajstić information content (AvgIpc) is 4.04. The second kappa shape index (κ2) is 20.8. The molecule has 2 heterocycles. The molecule has 4 aromatic rings. The van der Waals surface area contributed by atoms with Gasteiger partial charge in [-0.2, -0.15) is 0 Å². The average molecular weight is 970 g/mol. The van der Waals surface area contributed by atoms with Gasteiger partial charge in [0, 0.05) is 83.0 Å². The molecule has 1 aliphatic heterocycles. The van der Waals surface area contributed by atoms with E-state index in [0.717, 1.165) is 59.2 Å². The minimum atomic E-state index is -0.845. The first-order valence-electron chi connectivity index (χ1n) is 24.3. The first-order valence-corrected chi connectivity index (χ1v) is 26.8. The maximum absolute atomic E-state index is 14.3. The van der Waals surface area contributed by atoms with Crippen LogP contribution in [0, 0.1) is 45.8 Å². The van der Waals surface area contributed by atoms with E-state index in [4.69, 9.17) is 16.2 Å². The Kier molecular flexibility index (Phi) is 14.8. The number of hydrogen-bond donors (Lipinski definition) is 8. The summed E-state index contributed by atoms with van der Waals surface area (Å²) in [5.74, 6) is 14.6. The lowest BCUT2D eigenvalue weighted by Crippen LogP contribution is -2.35. The molecule has 0 spiro atoms. The minimum absolute atomic E-state index is 0.0175. The van der Waals surface area contributed by atoms with E-state index in [1.165, 1.54) is 0 Å². The third-order valence-corrected chi connectivity index (χ3v) is 18.2. The summed E-state index contributed by atoms with van der Waals surface area (Å²) < 4.78 is 6.17. The number of aromatic amines is 1. The number of aryl methyl sites for hydroxylation is 1. The third-order valence-electron chi connectivity index (χ3n) is 15.7. The Labute approximate surface area is 412 Å². The number of aromatic nitrogens is 1. The number of H-pyrrole nitrogens is 1. The lowest BCUT2D eigenvalue weighted by Gasteiger charge is -2.39. The van der Waals surface area contributed by atoms with E-state index in [-0.39, 0.29) is 60.5 Å². The molecule has 7 atom stereocenters. The van der Waals surface area contributed by atoms with E-state index >= 15 is 0 Å². The monoisotopic (exact) mass is 969 g/mol. The predicted molar refractivity (Wildman–Crippen MR) is 271 cm³/mol. The Balaban J connectivity index is 1.12. The Hall–Kier alpha value is -4.96. The van der Waals surface area contributed by atoms with Crippen LogP contribution in [0.1, 0.15) is 138 Å². The molecule has 4 aliphatic carbocycles. The largest absolute Gasteiger partial charge is 0.508 e. The van der Waals surface area contributed by atoms with Crippen LogP contribution in [-0.2, 0) is 29.8 Å². The Morgan fingerprint density at radius 1 is 0.928 bits per heavy atom. The number of phenols is 2. The van der Waals surface area contributed by atoms with Gasteiger partial charge in [0.25, 0.3) is 0 Å².